The van der Waals surface area contributed by atoms with Crippen molar-refractivity contribution in [2.45, 2.75) is 0 Å². The van der Waals surface area contributed by atoms with E-state index in [-0.39, 0.29) is 0 Å². The van der Waals surface area contributed by atoms with Gasteiger partial charge in [0.1, 0.15) is 5.84 Å². The third kappa shape index (κ3) is 2.39. The lowest BCUT2D eigenvalue weighted by molar-refractivity contribution is 1.45. The Morgan fingerprint density at radius 1 is 0.875 bits per heavy atom. The number of anilines is 1. The molecule has 4 N–H and O–H groups in total. The highest BCUT2D eigenvalue weighted by molar-refractivity contribution is 5.99. The van der Waals surface area contributed by atoms with E-state index >= 15 is 0 Å². The molecule has 0 bridgehead atoms. The molecule has 2 rings (SSSR count). The average Bonchev–Trinajstić information content (AvgIpc) is 2.31. The lowest BCUT2D eigenvalue weighted by Crippen LogP contribution is -2.12. The zero-order valence-electron chi connectivity index (χ0n) is 8.80. The number of nitrogens with zero attached hydrogens (tertiary/aromatic N) is 1. The van der Waals surface area contributed by atoms with Gasteiger partial charge in [-0.3, -0.25) is 0 Å². The lowest BCUT2D eigenvalue weighted by Gasteiger charge is -2.01. The van der Waals surface area contributed by atoms with Crippen LogP contribution in [0.5, 0.6) is 0 Å². The van der Waals surface area contributed by atoms with Crippen LogP contribution < -0.4 is 11.5 Å². The molecule has 0 saturated heterocycles. The number of amidine groups is 1. The van der Waals surface area contributed by atoms with Crippen molar-refractivity contribution in [3.63, 3.8) is 0 Å². The summed E-state index contributed by atoms with van der Waals surface area (Å²) < 4.78 is 0. The van der Waals surface area contributed by atoms with E-state index < -0.39 is 0 Å². The highest BCUT2D eigenvalue weighted by Crippen LogP contribution is 2.12. The molecule has 0 aliphatic heterocycles. The van der Waals surface area contributed by atoms with Crippen molar-refractivity contribution in [3.05, 3.63) is 60.2 Å². The molecule has 2 aromatic rings. The van der Waals surface area contributed by atoms with Gasteiger partial charge in [0.15, 0.2) is 0 Å². The fraction of sp³-hybridized carbons (Fsp3) is 0. The molecule has 0 heterocycles. The molecule has 0 radical (unpaired) electrons. The summed E-state index contributed by atoms with van der Waals surface area (Å²) in [6, 6.07) is 16.9. The van der Waals surface area contributed by atoms with E-state index in [0.29, 0.717) is 5.84 Å². The van der Waals surface area contributed by atoms with Gasteiger partial charge < -0.3 is 11.5 Å². The van der Waals surface area contributed by atoms with Gasteiger partial charge in [0, 0.05) is 11.3 Å². The van der Waals surface area contributed by atoms with Gasteiger partial charge in [0.25, 0.3) is 0 Å². The second-order valence-corrected chi connectivity index (χ2v) is 3.45. The van der Waals surface area contributed by atoms with E-state index in [0.717, 1.165) is 16.9 Å². The van der Waals surface area contributed by atoms with Crippen molar-refractivity contribution in [2.75, 3.05) is 5.73 Å². The van der Waals surface area contributed by atoms with Crippen LogP contribution in [0.25, 0.3) is 0 Å². The van der Waals surface area contributed by atoms with Crippen molar-refractivity contribution in [3.8, 4) is 0 Å². The van der Waals surface area contributed by atoms with Gasteiger partial charge in [0.05, 0.1) is 5.69 Å². The number of aliphatic imine (C=N–C) groups is 1. The van der Waals surface area contributed by atoms with E-state index in [1.807, 2.05) is 54.6 Å². The van der Waals surface area contributed by atoms with E-state index in [9.17, 15) is 0 Å². The number of benzene rings is 2. The Kier molecular flexibility index (Phi) is 2.87. The van der Waals surface area contributed by atoms with Crippen LogP contribution in [0.2, 0.25) is 0 Å². The quantitative estimate of drug-likeness (QED) is 0.455. The summed E-state index contributed by atoms with van der Waals surface area (Å²) in [6.07, 6.45) is 0. The van der Waals surface area contributed by atoms with Gasteiger partial charge in [-0.15, -0.1) is 0 Å². The number of rotatable bonds is 2. The van der Waals surface area contributed by atoms with Crippen LogP contribution in [-0.2, 0) is 0 Å². The highest BCUT2D eigenvalue weighted by atomic mass is 14.9. The number of hydrogen-bond donors (Lipinski definition) is 2. The SMILES string of the molecule is NC(=Nc1ccccc1)c1ccc(N)cc1. The van der Waals surface area contributed by atoms with Crippen LogP contribution >= 0.6 is 0 Å². The van der Waals surface area contributed by atoms with Crippen molar-refractivity contribution in [1.29, 1.82) is 0 Å². The Morgan fingerprint density at radius 2 is 1.50 bits per heavy atom. The lowest BCUT2D eigenvalue weighted by atomic mass is 10.2. The third-order valence-corrected chi connectivity index (χ3v) is 2.21. The Balaban J connectivity index is 2.28. The van der Waals surface area contributed by atoms with Crippen molar-refractivity contribution >= 4 is 17.2 Å². The number of nitrogen functional groups attached to an aromatic ring is 1. The maximum atomic E-state index is 5.89. The van der Waals surface area contributed by atoms with Crippen molar-refractivity contribution < 1.29 is 0 Å². The molecule has 2 aromatic carbocycles. The van der Waals surface area contributed by atoms with Crippen LogP contribution in [0.4, 0.5) is 11.4 Å². The van der Waals surface area contributed by atoms with Crippen LogP contribution in [0.15, 0.2) is 59.6 Å². The van der Waals surface area contributed by atoms with Gasteiger partial charge in [-0.1, -0.05) is 18.2 Å². The average molecular weight is 211 g/mol. The monoisotopic (exact) mass is 211 g/mol. The molecule has 0 spiro atoms. The molecule has 0 atom stereocenters. The predicted octanol–water partition coefficient (Wildman–Crippen LogP) is 2.31. The van der Waals surface area contributed by atoms with Gasteiger partial charge in [-0.2, -0.15) is 0 Å². The zero-order valence-corrected chi connectivity index (χ0v) is 8.80. The Hall–Kier alpha value is -2.29. The first-order valence-corrected chi connectivity index (χ1v) is 5.01. The fourth-order valence-electron chi connectivity index (χ4n) is 1.36. The first-order valence-electron chi connectivity index (χ1n) is 5.01. The molecular weight excluding hydrogens is 198 g/mol. The van der Waals surface area contributed by atoms with Crippen LogP contribution in [-0.4, -0.2) is 5.84 Å². The number of para-hydroxylation sites is 1. The van der Waals surface area contributed by atoms with E-state index in [4.69, 9.17) is 11.5 Å². The first-order chi connectivity index (χ1) is 7.75. The van der Waals surface area contributed by atoms with E-state index in [2.05, 4.69) is 4.99 Å². The molecule has 3 heteroatoms. The van der Waals surface area contributed by atoms with E-state index in [1.54, 1.807) is 0 Å². The number of nitrogens with two attached hydrogens (primary N) is 2. The predicted molar refractivity (Wildman–Crippen MR) is 67.7 cm³/mol. The van der Waals surface area contributed by atoms with Gasteiger partial charge in [-0.05, 0) is 36.4 Å². The van der Waals surface area contributed by atoms with Crippen molar-refractivity contribution in [2.24, 2.45) is 10.7 Å². The van der Waals surface area contributed by atoms with Gasteiger partial charge >= 0.3 is 0 Å². The van der Waals surface area contributed by atoms with Gasteiger partial charge in [0.2, 0.25) is 0 Å². The molecule has 0 aliphatic rings. The second-order valence-electron chi connectivity index (χ2n) is 3.45. The molecule has 0 unspecified atom stereocenters. The van der Waals surface area contributed by atoms with E-state index in [1.165, 1.54) is 0 Å². The molecule has 0 fully saturated rings. The summed E-state index contributed by atoms with van der Waals surface area (Å²) in [7, 11) is 0. The molecule has 16 heavy (non-hydrogen) atoms. The van der Waals surface area contributed by atoms with Crippen LogP contribution in [0, 0.1) is 0 Å². The normalized spacial score (nSPS) is 11.4. The molecule has 0 aliphatic carbocycles. The Bertz CT molecular complexity index is 486. The molecule has 0 saturated carbocycles. The topological polar surface area (TPSA) is 64.4 Å². The molecular formula is C13H13N3. The van der Waals surface area contributed by atoms with Crippen molar-refractivity contribution in [1.82, 2.24) is 0 Å². The van der Waals surface area contributed by atoms with Crippen LogP contribution in [0.3, 0.4) is 0 Å². The maximum absolute atomic E-state index is 5.89. The second kappa shape index (κ2) is 4.49. The smallest absolute Gasteiger partial charge is 0.131 e. The summed E-state index contributed by atoms with van der Waals surface area (Å²) >= 11 is 0. The zero-order chi connectivity index (χ0) is 11.4. The summed E-state index contributed by atoms with van der Waals surface area (Å²) in [5.41, 5.74) is 13.9. The summed E-state index contributed by atoms with van der Waals surface area (Å²) in [4.78, 5) is 4.31. The Morgan fingerprint density at radius 3 is 2.12 bits per heavy atom. The summed E-state index contributed by atoms with van der Waals surface area (Å²) in [5, 5.41) is 0. The minimum atomic E-state index is 0.492. The first kappa shape index (κ1) is 10.2. The third-order valence-electron chi connectivity index (χ3n) is 2.21. The van der Waals surface area contributed by atoms with Crippen LogP contribution in [0.1, 0.15) is 5.56 Å². The minimum Gasteiger partial charge on any atom is -0.399 e. The maximum Gasteiger partial charge on any atom is 0.131 e. The molecule has 3 nitrogen and oxygen atoms in total. The van der Waals surface area contributed by atoms with Gasteiger partial charge in [-0.25, -0.2) is 4.99 Å². The fourth-order valence-corrected chi connectivity index (χ4v) is 1.36. The standard InChI is InChI=1S/C13H13N3/c14-11-8-6-10(7-9-11)13(15)16-12-4-2-1-3-5-12/h1-9H,14H2,(H2,15,16). The molecule has 0 amide bonds. The molecule has 0 aromatic heterocycles. The largest absolute Gasteiger partial charge is 0.399 e. The minimum absolute atomic E-state index is 0.492. The molecule has 80 valence electrons. The summed E-state index contributed by atoms with van der Waals surface area (Å²) in [6.45, 7) is 0. The number of hydrogen-bond acceptors (Lipinski definition) is 2. The Labute approximate surface area is 94.4 Å². The highest BCUT2D eigenvalue weighted by Gasteiger charge is 1.97. The summed E-state index contributed by atoms with van der Waals surface area (Å²) in [5.74, 6) is 0.492.